The minimum absolute atomic E-state index is 0.0790. The zero-order chi connectivity index (χ0) is 22.8. The quantitative estimate of drug-likeness (QED) is 0.689. The van der Waals surface area contributed by atoms with Crippen LogP contribution in [0.25, 0.3) is 10.9 Å². The lowest BCUT2D eigenvalue weighted by molar-refractivity contribution is 0.0841. The normalized spacial score (nSPS) is 24.8. The molecule has 0 amide bonds. The van der Waals surface area contributed by atoms with Crippen molar-refractivity contribution in [3.05, 3.63) is 39.9 Å². The second-order valence-electron chi connectivity index (χ2n) is 10.5. The number of nitrogens with zero attached hydrogens (tertiary/aromatic N) is 5. The van der Waals surface area contributed by atoms with Gasteiger partial charge in [0.15, 0.2) is 0 Å². The number of hydrogen-bond acceptors (Lipinski definition) is 5. The Kier molecular flexibility index (Phi) is 7.33. The average molecular weight is 440 g/mol. The number of piperidine rings is 1. The maximum Gasteiger partial charge on any atom is 0.261 e. The summed E-state index contributed by atoms with van der Waals surface area (Å²) in [6.45, 7) is 14.4. The second kappa shape index (κ2) is 10.0. The standard InChI is InChI=1S/C26H41N5O/c1-6-7-24(31-16-19(2)14-20(3)17-31)25-27-23-15-21(8-9-22(23)26(32)29(25)5)18-30-12-10-28(4)11-13-30/h8-9,15,19-20,24H,6-7,10-14,16-18H2,1-5H3/t19-,20+,24?. The van der Waals surface area contributed by atoms with Crippen LogP contribution < -0.4 is 5.56 Å². The number of hydrogen-bond donors (Lipinski definition) is 0. The maximum absolute atomic E-state index is 13.3. The lowest BCUT2D eigenvalue weighted by atomic mass is 9.90. The van der Waals surface area contributed by atoms with Crippen LogP contribution in [0.4, 0.5) is 0 Å². The fourth-order valence-corrected chi connectivity index (χ4v) is 5.71. The lowest BCUT2D eigenvalue weighted by Gasteiger charge is -2.40. The van der Waals surface area contributed by atoms with Crippen molar-refractivity contribution >= 4 is 10.9 Å². The molecule has 2 aromatic rings. The molecule has 4 rings (SSSR count). The van der Waals surface area contributed by atoms with E-state index in [0.29, 0.717) is 11.8 Å². The molecule has 2 aliphatic rings. The molecule has 1 aromatic heterocycles. The van der Waals surface area contributed by atoms with Gasteiger partial charge in [0.1, 0.15) is 5.82 Å². The monoisotopic (exact) mass is 439 g/mol. The number of likely N-dealkylation sites (tertiary alicyclic amines) is 1. The van der Waals surface area contributed by atoms with Crippen molar-refractivity contribution in [2.75, 3.05) is 46.3 Å². The Hall–Kier alpha value is -1.76. The Labute approximate surface area is 193 Å². The van der Waals surface area contributed by atoms with Gasteiger partial charge in [-0.05, 0) is 49.4 Å². The summed E-state index contributed by atoms with van der Waals surface area (Å²) in [7, 11) is 4.09. The molecule has 3 atom stereocenters. The van der Waals surface area contributed by atoms with Crippen molar-refractivity contribution in [3.63, 3.8) is 0 Å². The van der Waals surface area contributed by atoms with E-state index in [-0.39, 0.29) is 11.6 Å². The molecule has 6 heteroatoms. The minimum Gasteiger partial charge on any atom is -0.304 e. The zero-order valence-corrected chi connectivity index (χ0v) is 20.7. The number of aromatic nitrogens is 2. The Balaban J connectivity index is 1.66. The van der Waals surface area contributed by atoms with Gasteiger partial charge in [0.2, 0.25) is 0 Å². The number of likely N-dealkylation sites (N-methyl/N-ethyl adjacent to an activating group) is 1. The summed E-state index contributed by atoms with van der Waals surface area (Å²) in [4.78, 5) is 25.9. The van der Waals surface area contributed by atoms with E-state index in [1.807, 2.05) is 17.7 Å². The van der Waals surface area contributed by atoms with Gasteiger partial charge in [-0.15, -0.1) is 0 Å². The van der Waals surface area contributed by atoms with Crippen molar-refractivity contribution in [1.29, 1.82) is 0 Å². The molecular formula is C26H41N5O. The van der Waals surface area contributed by atoms with Crippen LogP contribution in [0, 0.1) is 11.8 Å². The van der Waals surface area contributed by atoms with Gasteiger partial charge in [-0.2, -0.15) is 0 Å². The average Bonchev–Trinajstić information content (AvgIpc) is 2.75. The highest BCUT2D eigenvalue weighted by Crippen LogP contribution is 2.31. The van der Waals surface area contributed by atoms with Crippen LogP contribution in [0.1, 0.15) is 57.5 Å². The zero-order valence-electron chi connectivity index (χ0n) is 20.7. The molecule has 0 spiro atoms. The first-order valence-corrected chi connectivity index (χ1v) is 12.5. The van der Waals surface area contributed by atoms with Crippen LogP contribution in [0.15, 0.2) is 23.0 Å². The smallest absolute Gasteiger partial charge is 0.261 e. The van der Waals surface area contributed by atoms with Gasteiger partial charge in [0, 0.05) is 52.9 Å². The summed E-state index contributed by atoms with van der Waals surface area (Å²) < 4.78 is 1.81. The molecule has 3 heterocycles. The van der Waals surface area contributed by atoms with Crippen LogP contribution >= 0.6 is 0 Å². The fourth-order valence-electron chi connectivity index (χ4n) is 5.71. The molecule has 2 fully saturated rings. The Morgan fingerprint density at radius 2 is 1.75 bits per heavy atom. The number of benzene rings is 1. The first-order valence-electron chi connectivity index (χ1n) is 12.5. The molecule has 0 saturated carbocycles. The van der Waals surface area contributed by atoms with E-state index in [2.05, 4.69) is 54.7 Å². The van der Waals surface area contributed by atoms with E-state index >= 15 is 0 Å². The van der Waals surface area contributed by atoms with Crippen LogP contribution in [-0.4, -0.2) is 70.6 Å². The molecule has 1 unspecified atom stereocenters. The second-order valence-corrected chi connectivity index (χ2v) is 10.5. The number of rotatable bonds is 6. The number of fused-ring (bicyclic) bond motifs is 1. The molecular weight excluding hydrogens is 398 g/mol. The van der Waals surface area contributed by atoms with E-state index in [9.17, 15) is 4.79 Å². The topological polar surface area (TPSA) is 44.6 Å². The molecule has 0 N–H and O–H groups in total. The highest BCUT2D eigenvalue weighted by molar-refractivity contribution is 5.78. The van der Waals surface area contributed by atoms with Gasteiger partial charge in [-0.3, -0.25) is 19.2 Å². The summed E-state index contributed by atoms with van der Waals surface area (Å²) >= 11 is 0. The molecule has 2 aliphatic heterocycles. The van der Waals surface area contributed by atoms with Crippen molar-refractivity contribution in [2.45, 2.75) is 52.6 Å². The predicted octanol–water partition coefficient (Wildman–Crippen LogP) is 3.50. The SMILES string of the molecule is CCCC(c1nc2cc(CN3CCN(C)CC3)ccc2c(=O)n1C)N1C[C@H](C)C[C@H](C)C1. The van der Waals surface area contributed by atoms with Crippen molar-refractivity contribution in [2.24, 2.45) is 18.9 Å². The Morgan fingerprint density at radius 3 is 2.41 bits per heavy atom. The third kappa shape index (κ3) is 5.08. The molecule has 32 heavy (non-hydrogen) atoms. The van der Waals surface area contributed by atoms with Crippen molar-refractivity contribution in [1.82, 2.24) is 24.3 Å². The van der Waals surface area contributed by atoms with E-state index in [1.54, 1.807) is 0 Å². The fraction of sp³-hybridized carbons (Fsp3) is 0.692. The molecule has 0 radical (unpaired) electrons. The minimum atomic E-state index is 0.0790. The molecule has 0 bridgehead atoms. The van der Waals surface area contributed by atoms with Crippen LogP contribution in [0.2, 0.25) is 0 Å². The van der Waals surface area contributed by atoms with Gasteiger partial charge < -0.3 is 4.90 Å². The Morgan fingerprint density at radius 1 is 1.06 bits per heavy atom. The molecule has 1 aromatic carbocycles. The summed E-state index contributed by atoms with van der Waals surface area (Å²) in [5.41, 5.74) is 2.19. The van der Waals surface area contributed by atoms with Crippen molar-refractivity contribution in [3.8, 4) is 0 Å². The van der Waals surface area contributed by atoms with Crippen LogP contribution in [0.3, 0.4) is 0 Å². The maximum atomic E-state index is 13.3. The molecule has 176 valence electrons. The predicted molar refractivity (Wildman–Crippen MR) is 132 cm³/mol. The third-order valence-electron chi connectivity index (χ3n) is 7.38. The highest BCUT2D eigenvalue weighted by atomic mass is 16.1. The number of piperazine rings is 1. The highest BCUT2D eigenvalue weighted by Gasteiger charge is 2.30. The summed E-state index contributed by atoms with van der Waals surface area (Å²) in [6, 6.07) is 6.46. The molecule has 0 aliphatic carbocycles. The van der Waals surface area contributed by atoms with Crippen molar-refractivity contribution < 1.29 is 0 Å². The largest absolute Gasteiger partial charge is 0.304 e. The van der Waals surface area contributed by atoms with Gasteiger partial charge >= 0.3 is 0 Å². The van der Waals surface area contributed by atoms with Gasteiger partial charge in [-0.1, -0.05) is 33.3 Å². The Bertz CT molecular complexity index is 968. The van der Waals surface area contributed by atoms with E-state index in [4.69, 9.17) is 4.98 Å². The van der Waals surface area contributed by atoms with E-state index < -0.39 is 0 Å². The van der Waals surface area contributed by atoms with Gasteiger partial charge in [0.25, 0.3) is 5.56 Å². The summed E-state index contributed by atoms with van der Waals surface area (Å²) in [5, 5.41) is 0.731. The lowest BCUT2D eigenvalue weighted by Crippen LogP contribution is -2.43. The summed E-state index contributed by atoms with van der Waals surface area (Å²) in [5.74, 6) is 2.30. The van der Waals surface area contributed by atoms with Gasteiger partial charge in [0.05, 0.1) is 16.9 Å². The van der Waals surface area contributed by atoms with Crippen LogP contribution in [0.5, 0.6) is 0 Å². The third-order valence-corrected chi connectivity index (χ3v) is 7.38. The summed E-state index contributed by atoms with van der Waals surface area (Å²) in [6.07, 6.45) is 3.41. The molecule has 2 saturated heterocycles. The van der Waals surface area contributed by atoms with Crippen LogP contribution in [-0.2, 0) is 13.6 Å². The first kappa shape index (κ1) is 23.4. The van der Waals surface area contributed by atoms with E-state index in [1.165, 1.54) is 12.0 Å². The molecule has 6 nitrogen and oxygen atoms in total. The first-order chi connectivity index (χ1) is 15.4. The van der Waals surface area contributed by atoms with Gasteiger partial charge in [-0.25, -0.2) is 4.98 Å². The van der Waals surface area contributed by atoms with E-state index in [0.717, 1.165) is 75.4 Å².